The van der Waals surface area contributed by atoms with E-state index in [4.69, 9.17) is 11.6 Å². The van der Waals surface area contributed by atoms with Crippen LogP contribution in [0.5, 0.6) is 0 Å². The zero-order valence-corrected chi connectivity index (χ0v) is 22.3. The Kier molecular flexibility index (Phi) is 8.65. The molecule has 1 heterocycles. The molecule has 0 aliphatic carbocycles. The first-order valence-electron chi connectivity index (χ1n) is 11.2. The standard InChI is InChI=1S/C23H33ClN4O4S2/c1-17(2)20(14-25-33(29,30)23-9-7-22(8-10-23)27(3)4)15-26-34(31,32)28-12-11-18-13-21(24)6-5-19(18)16-28/h5-10,13,17,20,25-26H,11-12,14-16H2,1-4H3/t20-/m0/s1. The van der Waals surface area contributed by atoms with Gasteiger partial charge in [-0.3, -0.25) is 0 Å². The van der Waals surface area contributed by atoms with Crippen molar-refractivity contribution in [2.24, 2.45) is 11.8 Å². The fourth-order valence-corrected chi connectivity index (χ4v) is 6.31. The van der Waals surface area contributed by atoms with E-state index in [9.17, 15) is 16.8 Å². The highest BCUT2D eigenvalue weighted by Crippen LogP contribution is 2.24. The summed E-state index contributed by atoms with van der Waals surface area (Å²) in [6.07, 6.45) is 0.594. The lowest BCUT2D eigenvalue weighted by Crippen LogP contribution is -2.46. The molecule has 188 valence electrons. The monoisotopic (exact) mass is 528 g/mol. The minimum atomic E-state index is -3.72. The number of sulfonamides is 1. The van der Waals surface area contributed by atoms with Gasteiger partial charge >= 0.3 is 0 Å². The highest BCUT2D eigenvalue weighted by Gasteiger charge is 2.28. The van der Waals surface area contributed by atoms with Crippen LogP contribution in [0.2, 0.25) is 5.02 Å². The quantitative estimate of drug-likeness (QED) is 0.494. The number of hydrogen-bond acceptors (Lipinski definition) is 5. The minimum Gasteiger partial charge on any atom is -0.378 e. The van der Waals surface area contributed by atoms with Gasteiger partial charge in [-0.15, -0.1) is 0 Å². The van der Waals surface area contributed by atoms with Gasteiger partial charge < -0.3 is 4.90 Å². The Morgan fingerprint density at radius 2 is 1.62 bits per heavy atom. The van der Waals surface area contributed by atoms with Gasteiger partial charge in [0.15, 0.2) is 0 Å². The van der Waals surface area contributed by atoms with Crippen molar-refractivity contribution >= 4 is 37.5 Å². The summed E-state index contributed by atoms with van der Waals surface area (Å²) in [5, 5.41) is 0.643. The topological polar surface area (TPSA) is 98.8 Å². The first-order valence-corrected chi connectivity index (χ1v) is 14.5. The molecule has 11 heteroatoms. The molecule has 0 saturated carbocycles. The van der Waals surface area contributed by atoms with E-state index in [-0.39, 0.29) is 36.4 Å². The second kappa shape index (κ2) is 10.9. The van der Waals surface area contributed by atoms with Gasteiger partial charge in [0.05, 0.1) is 4.90 Å². The normalized spacial score (nSPS) is 15.8. The largest absolute Gasteiger partial charge is 0.378 e. The molecular weight excluding hydrogens is 496 g/mol. The number of benzene rings is 2. The molecule has 1 aliphatic heterocycles. The Labute approximate surface area is 208 Å². The summed E-state index contributed by atoms with van der Waals surface area (Å²) < 4.78 is 58.1. The molecule has 1 aliphatic rings. The lowest BCUT2D eigenvalue weighted by Gasteiger charge is -2.29. The van der Waals surface area contributed by atoms with Gasteiger partial charge in [0, 0.05) is 51.0 Å². The van der Waals surface area contributed by atoms with E-state index in [2.05, 4.69) is 9.44 Å². The summed E-state index contributed by atoms with van der Waals surface area (Å²) >= 11 is 6.04. The summed E-state index contributed by atoms with van der Waals surface area (Å²) in [4.78, 5) is 2.06. The second-order valence-electron chi connectivity index (χ2n) is 9.09. The first kappa shape index (κ1) is 26.9. The molecule has 1 atom stereocenters. The van der Waals surface area contributed by atoms with E-state index in [1.54, 1.807) is 30.3 Å². The van der Waals surface area contributed by atoms with E-state index >= 15 is 0 Å². The molecule has 0 unspecified atom stereocenters. The van der Waals surface area contributed by atoms with E-state index < -0.39 is 20.2 Å². The Bertz CT molecular complexity index is 1200. The predicted octanol–water partition coefficient (Wildman–Crippen LogP) is 2.85. The van der Waals surface area contributed by atoms with Crippen LogP contribution in [0.4, 0.5) is 5.69 Å². The fourth-order valence-electron chi connectivity index (χ4n) is 3.77. The number of nitrogens with zero attached hydrogens (tertiary/aromatic N) is 2. The summed E-state index contributed by atoms with van der Waals surface area (Å²) in [5.41, 5.74) is 2.90. The van der Waals surface area contributed by atoms with Gasteiger partial charge in [0.2, 0.25) is 10.0 Å². The van der Waals surface area contributed by atoms with Crippen LogP contribution in [-0.2, 0) is 33.2 Å². The van der Waals surface area contributed by atoms with Crippen molar-refractivity contribution in [2.45, 2.75) is 31.7 Å². The molecule has 8 nitrogen and oxygen atoms in total. The van der Waals surface area contributed by atoms with Gasteiger partial charge in [-0.25, -0.2) is 17.9 Å². The van der Waals surface area contributed by atoms with Gasteiger partial charge in [-0.2, -0.15) is 12.7 Å². The Morgan fingerprint density at radius 3 is 2.24 bits per heavy atom. The second-order valence-corrected chi connectivity index (χ2v) is 13.1. The zero-order chi connectivity index (χ0) is 25.1. The summed E-state index contributed by atoms with van der Waals surface area (Å²) in [6.45, 7) is 4.79. The van der Waals surface area contributed by atoms with Gasteiger partial charge in [0.1, 0.15) is 0 Å². The maximum absolute atomic E-state index is 12.9. The van der Waals surface area contributed by atoms with E-state index in [1.807, 2.05) is 45.0 Å². The maximum atomic E-state index is 12.9. The Morgan fingerprint density at radius 1 is 0.971 bits per heavy atom. The molecule has 0 aromatic heterocycles. The van der Waals surface area contributed by atoms with Crippen LogP contribution in [0.15, 0.2) is 47.4 Å². The molecule has 0 amide bonds. The molecule has 2 aromatic carbocycles. The molecule has 34 heavy (non-hydrogen) atoms. The van der Waals surface area contributed by atoms with Crippen LogP contribution in [0.1, 0.15) is 25.0 Å². The Balaban J connectivity index is 1.61. The van der Waals surface area contributed by atoms with Crippen LogP contribution in [0.25, 0.3) is 0 Å². The van der Waals surface area contributed by atoms with Gasteiger partial charge in [-0.05, 0) is 65.8 Å². The third-order valence-corrected chi connectivity index (χ3v) is 9.35. The van der Waals surface area contributed by atoms with Crippen LogP contribution < -0.4 is 14.3 Å². The number of halogens is 1. The molecule has 0 radical (unpaired) electrons. The number of anilines is 1. The zero-order valence-electron chi connectivity index (χ0n) is 20.0. The average Bonchev–Trinajstić information content (AvgIpc) is 2.78. The van der Waals surface area contributed by atoms with Crippen molar-refractivity contribution in [3.63, 3.8) is 0 Å². The van der Waals surface area contributed by atoms with Crippen molar-refractivity contribution in [2.75, 3.05) is 38.6 Å². The first-order chi connectivity index (χ1) is 15.9. The van der Waals surface area contributed by atoms with Crippen molar-refractivity contribution in [3.05, 3.63) is 58.6 Å². The number of hydrogen-bond donors (Lipinski definition) is 2. The van der Waals surface area contributed by atoms with Crippen LogP contribution in [0.3, 0.4) is 0 Å². The van der Waals surface area contributed by atoms with E-state index in [1.165, 1.54) is 4.31 Å². The summed E-state index contributed by atoms with van der Waals surface area (Å²) in [7, 11) is -3.66. The van der Waals surface area contributed by atoms with E-state index in [0.29, 0.717) is 18.0 Å². The number of nitrogens with one attached hydrogen (secondary N) is 2. The molecule has 0 spiro atoms. The molecule has 0 bridgehead atoms. The SMILES string of the molecule is CC(C)[C@@H](CNS(=O)(=O)c1ccc(N(C)C)cc1)CNS(=O)(=O)N1CCc2cc(Cl)ccc2C1. The third-order valence-electron chi connectivity index (χ3n) is 6.16. The Hall–Kier alpha value is -1.69. The lowest BCUT2D eigenvalue weighted by atomic mass is 9.96. The highest BCUT2D eigenvalue weighted by molar-refractivity contribution is 7.89. The fraction of sp³-hybridized carbons (Fsp3) is 0.478. The minimum absolute atomic E-state index is 0.0609. The highest BCUT2D eigenvalue weighted by atomic mass is 35.5. The smallest absolute Gasteiger partial charge is 0.279 e. The van der Waals surface area contributed by atoms with Crippen molar-refractivity contribution in [3.8, 4) is 0 Å². The van der Waals surface area contributed by atoms with Crippen LogP contribution >= 0.6 is 11.6 Å². The molecule has 0 fully saturated rings. The maximum Gasteiger partial charge on any atom is 0.279 e. The van der Waals surface area contributed by atoms with Crippen molar-refractivity contribution in [1.82, 2.24) is 13.7 Å². The molecule has 0 saturated heterocycles. The number of fused-ring (bicyclic) bond motifs is 1. The third kappa shape index (κ3) is 6.71. The summed E-state index contributed by atoms with van der Waals surface area (Å²) in [5.74, 6) is -0.160. The molecule has 2 aromatic rings. The lowest BCUT2D eigenvalue weighted by molar-refractivity contribution is 0.356. The van der Waals surface area contributed by atoms with Gasteiger partial charge in [-0.1, -0.05) is 31.5 Å². The van der Waals surface area contributed by atoms with Crippen molar-refractivity contribution in [1.29, 1.82) is 0 Å². The van der Waals surface area contributed by atoms with E-state index in [0.717, 1.165) is 16.8 Å². The van der Waals surface area contributed by atoms with Gasteiger partial charge in [0.25, 0.3) is 10.2 Å². The van der Waals surface area contributed by atoms with Crippen molar-refractivity contribution < 1.29 is 16.8 Å². The molecular formula is C23H33ClN4O4S2. The molecule has 2 N–H and O–H groups in total. The predicted molar refractivity (Wildman–Crippen MR) is 137 cm³/mol. The average molecular weight is 529 g/mol. The van der Waals surface area contributed by atoms with Crippen LogP contribution in [-0.4, -0.2) is 54.9 Å². The summed E-state index contributed by atoms with van der Waals surface area (Å²) in [6, 6.07) is 12.1. The van der Waals surface area contributed by atoms with Crippen LogP contribution in [0, 0.1) is 11.8 Å². The molecule has 3 rings (SSSR count). The number of rotatable bonds is 10.